The van der Waals surface area contributed by atoms with Gasteiger partial charge in [-0.3, -0.25) is 4.79 Å². The Kier molecular flexibility index (Phi) is 5.57. The van der Waals surface area contributed by atoms with E-state index in [1.807, 2.05) is 0 Å². The van der Waals surface area contributed by atoms with Gasteiger partial charge in [-0.15, -0.1) is 0 Å². The van der Waals surface area contributed by atoms with Crippen LogP contribution >= 0.6 is 0 Å². The van der Waals surface area contributed by atoms with E-state index < -0.39 is 0 Å². The Morgan fingerprint density at radius 1 is 1.40 bits per heavy atom. The van der Waals surface area contributed by atoms with Gasteiger partial charge in [0, 0.05) is 12.6 Å². The van der Waals surface area contributed by atoms with Crippen LogP contribution in [0.25, 0.3) is 0 Å². The minimum Gasteiger partial charge on any atom is -0.497 e. The van der Waals surface area contributed by atoms with Crippen LogP contribution in [0.1, 0.15) is 37.6 Å². The molecule has 0 radical (unpaired) electrons. The third-order valence-electron chi connectivity index (χ3n) is 3.24. The third kappa shape index (κ3) is 4.53. The molecule has 1 amide bonds. The summed E-state index contributed by atoms with van der Waals surface area (Å²) < 4.78 is 5.13. The number of amides is 1. The van der Waals surface area contributed by atoms with E-state index in [2.05, 4.69) is 20.8 Å². The molecule has 0 saturated heterocycles. The van der Waals surface area contributed by atoms with Crippen molar-refractivity contribution in [2.75, 3.05) is 20.8 Å². The lowest BCUT2D eigenvalue weighted by atomic mass is 9.87. The van der Waals surface area contributed by atoms with Crippen LogP contribution in [0.5, 0.6) is 5.75 Å². The van der Waals surface area contributed by atoms with Crippen molar-refractivity contribution >= 4 is 5.91 Å². The molecule has 1 atom stereocenters. The number of benzene rings is 1. The largest absolute Gasteiger partial charge is 0.497 e. The molecular weight excluding hydrogens is 254 g/mol. The van der Waals surface area contributed by atoms with Gasteiger partial charge in [0.25, 0.3) is 5.91 Å². The quantitative estimate of drug-likeness (QED) is 0.901. The van der Waals surface area contributed by atoms with Crippen LogP contribution in [0.2, 0.25) is 0 Å². The molecule has 0 aliphatic carbocycles. The van der Waals surface area contributed by atoms with Crippen molar-refractivity contribution in [2.24, 2.45) is 5.41 Å². The first-order chi connectivity index (χ1) is 9.28. The van der Waals surface area contributed by atoms with Crippen LogP contribution in [0, 0.1) is 5.41 Å². The summed E-state index contributed by atoms with van der Waals surface area (Å²) in [6, 6.07) is 6.87. The van der Waals surface area contributed by atoms with Crippen LogP contribution in [-0.4, -0.2) is 42.7 Å². The molecule has 0 spiro atoms. The molecular formula is C16H25NO3. The molecule has 20 heavy (non-hydrogen) atoms. The Morgan fingerprint density at radius 3 is 2.55 bits per heavy atom. The van der Waals surface area contributed by atoms with Crippen LogP contribution in [0.15, 0.2) is 24.3 Å². The molecule has 0 fully saturated rings. The van der Waals surface area contributed by atoms with E-state index in [1.54, 1.807) is 43.3 Å². The second-order valence-electron chi connectivity index (χ2n) is 6.25. The van der Waals surface area contributed by atoms with Gasteiger partial charge < -0.3 is 14.7 Å². The van der Waals surface area contributed by atoms with Gasteiger partial charge in [-0.05, 0) is 30.0 Å². The monoisotopic (exact) mass is 279 g/mol. The second-order valence-corrected chi connectivity index (χ2v) is 6.25. The Morgan fingerprint density at radius 2 is 2.05 bits per heavy atom. The SMILES string of the molecule is COc1cccc(C(=O)N(C)[C@H](CO)CC(C)(C)C)c1. The van der Waals surface area contributed by atoms with E-state index in [-0.39, 0.29) is 24.0 Å². The predicted molar refractivity (Wildman–Crippen MR) is 80.0 cm³/mol. The molecule has 0 unspecified atom stereocenters. The standard InChI is InChI=1S/C16H25NO3/c1-16(2,3)10-13(11-18)17(4)15(19)12-7-6-8-14(9-12)20-5/h6-9,13,18H,10-11H2,1-5H3/t13-/m0/s1. The summed E-state index contributed by atoms with van der Waals surface area (Å²) in [7, 11) is 3.30. The van der Waals surface area contributed by atoms with Gasteiger partial charge in [-0.1, -0.05) is 26.8 Å². The first-order valence-electron chi connectivity index (χ1n) is 6.80. The third-order valence-corrected chi connectivity index (χ3v) is 3.24. The second kappa shape index (κ2) is 6.75. The average Bonchev–Trinajstić information content (AvgIpc) is 2.42. The van der Waals surface area contributed by atoms with Crippen molar-refractivity contribution in [3.63, 3.8) is 0 Å². The summed E-state index contributed by atoms with van der Waals surface area (Å²) in [5.41, 5.74) is 0.621. The molecule has 0 aliphatic heterocycles. The van der Waals surface area contributed by atoms with Gasteiger partial charge in [0.1, 0.15) is 5.75 Å². The molecule has 4 heteroatoms. The zero-order chi connectivity index (χ0) is 15.3. The number of likely N-dealkylation sites (N-methyl/N-ethyl adjacent to an activating group) is 1. The smallest absolute Gasteiger partial charge is 0.254 e. The topological polar surface area (TPSA) is 49.8 Å². The molecule has 0 saturated carbocycles. The number of hydrogen-bond donors (Lipinski definition) is 1. The normalized spacial score (nSPS) is 12.9. The maximum Gasteiger partial charge on any atom is 0.254 e. The van der Waals surface area contributed by atoms with E-state index in [4.69, 9.17) is 4.74 Å². The Labute approximate surface area is 121 Å². The van der Waals surface area contributed by atoms with Crippen LogP contribution < -0.4 is 4.74 Å². The fraction of sp³-hybridized carbons (Fsp3) is 0.562. The highest BCUT2D eigenvalue weighted by Gasteiger charge is 2.25. The van der Waals surface area contributed by atoms with Gasteiger partial charge in [0.05, 0.1) is 19.8 Å². The van der Waals surface area contributed by atoms with Gasteiger partial charge in [0.2, 0.25) is 0 Å². The highest BCUT2D eigenvalue weighted by atomic mass is 16.5. The fourth-order valence-corrected chi connectivity index (χ4v) is 2.16. The number of hydrogen-bond acceptors (Lipinski definition) is 3. The maximum atomic E-state index is 12.5. The van der Waals surface area contributed by atoms with Crippen LogP contribution in [-0.2, 0) is 0 Å². The highest BCUT2D eigenvalue weighted by Crippen LogP contribution is 2.24. The Hall–Kier alpha value is -1.55. The first-order valence-corrected chi connectivity index (χ1v) is 6.80. The zero-order valence-corrected chi connectivity index (χ0v) is 13.0. The molecule has 1 rings (SSSR count). The summed E-state index contributed by atoms with van der Waals surface area (Å²) in [5.74, 6) is 0.549. The molecule has 0 heterocycles. The van der Waals surface area contributed by atoms with Gasteiger partial charge in [-0.25, -0.2) is 0 Å². The number of rotatable bonds is 5. The van der Waals surface area contributed by atoms with Crippen molar-refractivity contribution in [1.82, 2.24) is 4.90 Å². The molecule has 4 nitrogen and oxygen atoms in total. The van der Waals surface area contributed by atoms with Gasteiger partial charge in [-0.2, -0.15) is 0 Å². The van der Waals surface area contributed by atoms with E-state index >= 15 is 0 Å². The molecule has 0 bridgehead atoms. The summed E-state index contributed by atoms with van der Waals surface area (Å²) in [6.45, 7) is 6.25. The lowest BCUT2D eigenvalue weighted by molar-refractivity contribution is 0.0593. The number of ether oxygens (including phenoxy) is 1. The van der Waals surface area contributed by atoms with Crippen molar-refractivity contribution in [3.05, 3.63) is 29.8 Å². The first kappa shape index (κ1) is 16.5. The number of methoxy groups -OCH3 is 1. The van der Waals surface area contributed by atoms with Crippen LogP contribution in [0.4, 0.5) is 0 Å². The molecule has 1 aromatic rings. The predicted octanol–water partition coefficient (Wildman–Crippen LogP) is 2.56. The minimum absolute atomic E-state index is 0.0382. The van der Waals surface area contributed by atoms with Gasteiger partial charge in [0.15, 0.2) is 0 Å². The number of carbonyl (C=O) groups is 1. The van der Waals surface area contributed by atoms with E-state index in [1.165, 1.54) is 0 Å². The molecule has 1 aromatic carbocycles. The summed E-state index contributed by atoms with van der Waals surface area (Å²) in [4.78, 5) is 14.1. The highest BCUT2D eigenvalue weighted by molar-refractivity contribution is 5.94. The maximum absolute atomic E-state index is 12.5. The van der Waals surface area contributed by atoms with E-state index in [0.717, 1.165) is 6.42 Å². The van der Waals surface area contributed by atoms with Crippen molar-refractivity contribution in [3.8, 4) is 5.75 Å². The lowest BCUT2D eigenvalue weighted by Gasteiger charge is -2.32. The molecule has 0 aliphatic rings. The summed E-state index contributed by atoms with van der Waals surface area (Å²) in [6.07, 6.45) is 0.746. The number of aliphatic hydroxyl groups excluding tert-OH is 1. The zero-order valence-electron chi connectivity index (χ0n) is 13.0. The number of aliphatic hydroxyl groups is 1. The minimum atomic E-state index is -0.186. The number of nitrogens with zero attached hydrogens (tertiary/aromatic N) is 1. The molecule has 1 N–H and O–H groups in total. The van der Waals surface area contributed by atoms with Crippen molar-refractivity contribution in [2.45, 2.75) is 33.2 Å². The fourth-order valence-electron chi connectivity index (χ4n) is 2.16. The average molecular weight is 279 g/mol. The summed E-state index contributed by atoms with van der Waals surface area (Å²) in [5, 5.41) is 9.54. The molecule has 0 aromatic heterocycles. The van der Waals surface area contributed by atoms with E-state index in [9.17, 15) is 9.90 Å². The molecule has 112 valence electrons. The summed E-state index contributed by atoms with van der Waals surface area (Å²) >= 11 is 0. The van der Waals surface area contributed by atoms with Gasteiger partial charge >= 0.3 is 0 Å². The lowest BCUT2D eigenvalue weighted by Crippen LogP contribution is -2.41. The van der Waals surface area contributed by atoms with Crippen LogP contribution in [0.3, 0.4) is 0 Å². The Bertz CT molecular complexity index is 451. The van der Waals surface area contributed by atoms with E-state index in [0.29, 0.717) is 11.3 Å². The number of carbonyl (C=O) groups excluding carboxylic acids is 1. The Balaban J connectivity index is 2.88. The van der Waals surface area contributed by atoms with Crippen molar-refractivity contribution < 1.29 is 14.6 Å². The van der Waals surface area contributed by atoms with Crippen molar-refractivity contribution in [1.29, 1.82) is 0 Å².